The molecule has 0 amide bonds. The molecule has 0 aliphatic heterocycles. The summed E-state index contributed by atoms with van der Waals surface area (Å²) in [5, 5.41) is 0. The van der Waals surface area contributed by atoms with E-state index in [9.17, 15) is 8.42 Å². The molecular formula is C7H14Cl4FeN2O3S. The van der Waals surface area contributed by atoms with Crippen molar-refractivity contribution in [1.29, 1.82) is 0 Å². The van der Waals surface area contributed by atoms with Crippen molar-refractivity contribution in [2.24, 2.45) is 7.05 Å². The van der Waals surface area contributed by atoms with Crippen LogP contribution in [0.4, 0.5) is 0 Å². The number of nitrogens with zero attached hydrogens (tertiary/aromatic N) is 2. The Kier molecular flexibility index (Phi) is 40.6. The first-order valence-corrected chi connectivity index (χ1v) is 5.43. The molecule has 1 N–H and O–H groups in total. The van der Waals surface area contributed by atoms with Crippen molar-refractivity contribution >= 4 is 10.1 Å². The Hall–Kier alpha value is 0.799. The fourth-order valence-electron chi connectivity index (χ4n) is 0.584. The first-order chi connectivity index (χ1) is 5.95. The largest absolute Gasteiger partial charge is 4.00 e. The Morgan fingerprint density at radius 2 is 1.67 bits per heavy atom. The third-order valence-electron chi connectivity index (χ3n) is 1.10. The Bertz CT molecular complexity index is 323. The predicted octanol–water partition coefficient (Wildman–Crippen LogP) is -11.3. The van der Waals surface area contributed by atoms with Crippen LogP contribution in [0.2, 0.25) is 0 Å². The zero-order valence-electron chi connectivity index (χ0n) is 9.58. The average molecular weight is 404 g/mol. The minimum Gasteiger partial charge on any atom is -1.00 e. The molecule has 11 heteroatoms. The molecule has 0 aromatic carbocycles. The maximum absolute atomic E-state index is 9.79. The molecule has 18 heavy (non-hydrogen) atoms. The van der Waals surface area contributed by atoms with Crippen LogP contribution in [0.25, 0.3) is 0 Å². The van der Waals surface area contributed by atoms with Gasteiger partial charge in [0.05, 0.1) is 12.1 Å². The van der Waals surface area contributed by atoms with Gasteiger partial charge in [0, 0.05) is 19.4 Å². The number of rotatable bonds is 2. The normalized spacial score (nSPS) is 7.50. The van der Waals surface area contributed by atoms with Crippen LogP contribution >= 0.6 is 0 Å². The van der Waals surface area contributed by atoms with Crippen LogP contribution in [-0.2, 0) is 34.2 Å². The van der Waals surface area contributed by atoms with E-state index >= 15 is 0 Å². The van der Waals surface area contributed by atoms with Gasteiger partial charge in [0.1, 0.15) is 0 Å². The van der Waals surface area contributed by atoms with Crippen LogP contribution in [-0.4, -0.2) is 28.3 Å². The molecule has 1 heterocycles. The molecule has 5 nitrogen and oxygen atoms in total. The smallest absolute Gasteiger partial charge is 1.00 e. The van der Waals surface area contributed by atoms with Crippen molar-refractivity contribution in [3.8, 4) is 0 Å². The van der Waals surface area contributed by atoms with E-state index in [0.717, 1.165) is 0 Å². The summed E-state index contributed by atoms with van der Waals surface area (Å²) in [6.07, 6.45) is 5.86. The SMILES string of the molecule is CCCS(=O)(=O)O.Cn1ccnc1.[Cl-].[Cl-].[Cl-].[Cl-].[Fe+4]. The van der Waals surface area contributed by atoms with Crippen LogP contribution in [0.15, 0.2) is 18.7 Å². The summed E-state index contributed by atoms with van der Waals surface area (Å²) in [4.78, 5) is 3.78. The van der Waals surface area contributed by atoms with Crippen molar-refractivity contribution in [3.63, 3.8) is 0 Å². The second-order valence-electron chi connectivity index (χ2n) is 2.51. The quantitative estimate of drug-likeness (QED) is 0.393. The standard InChI is InChI=1S/C4H6N2.C3H8O3S.4ClH.Fe/c1-6-3-2-5-4-6;1-2-3-7(4,5)6;;;;;/h2-4H,1H3;2-3H2,1H3,(H,4,5,6);4*1H;/q;;;;;;+4/p-4. The van der Waals surface area contributed by atoms with Crippen LogP contribution in [0.1, 0.15) is 13.3 Å². The number of aryl methyl sites for hydroxylation is 1. The molecule has 0 saturated carbocycles. The van der Waals surface area contributed by atoms with E-state index in [2.05, 4.69) is 4.98 Å². The van der Waals surface area contributed by atoms with Gasteiger partial charge in [0.25, 0.3) is 10.1 Å². The van der Waals surface area contributed by atoms with Gasteiger partial charge in [-0.3, -0.25) is 4.55 Å². The second-order valence-corrected chi connectivity index (χ2v) is 4.09. The number of hydrogen-bond donors (Lipinski definition) is 1. The summed E-state index contributed by atoms with van der Waals surface area (Å²) in [7, 11) is -1.74. The van der Waals surface area contributed by atoms with E-state index in [4.69, 9.17) is 4.55 Å². The predicted molar refractivity (Wildman–Crippen MR) is 49.9 cm³/mol. The van der Waals surface area contributed by atoms with Crippen LogP contribution in [0.5, 0.6) is 0 Å². The maximum Gasteiger partial charge on any atom is 4.00 e. The Labute approximate surface area is 143 Å². The molecule has 112 valence electrons. The minimum absolute atomic E-state index is 0. The molecule has 1 aromatic heterocycles. The first-order valence-electron chi connectivity index (χ1n) is 3.83. The van der Waals surface area contributed by atoms with Crippen LogP contribution in [0.3, 0.4) is 0 Å². The van der Waals surface area contributed by atoms with E-state index in [0.29, 0.717) is 6.42 Å². The van der Waals surface area contributed by atoms with Crippen LogP contribution < -0.4 is 49.6 Å². The van der Waals surface area contributed by atoms with E-state index in [1.165, 1.54) is 0 Å². The average Bonchev–Trinajstić information content (AvgIpc) is 2.38. The number of halogens is 4. The van der Waals surface area contributed by atoms with E-state index in [1.54, 1.807) is 19.4 Å². The Morgan fingerprint density at radius 1 is 1.22 bits per heavy atom. The van der Waals surface area contributed by atoms with Crippen molar-refractivity contribution in [1.82, 2.24) is 9.55 Å². The third kappa shape index (κ3) is 30.1. The number of aromatic nitrogens is 2. The molecule has 1 aromatic rings. The molecule has 0 fully saturated rings. The van der Waals surface area contributed by atoms with E-state index in [1.807, 2.05) is 17.8 Å². The summed E-state index contributed by atoms with van der Waals surface area (Å²) in [6, 6.07) is 0. The monoisotopic (exact) mass is 402 g/mol. The molecule has 0 bridgehead atoms. The van der Waals surface area contributed by atoms with Crippen molar-refractivity contribution in [2.45, 2.75) is 13.3 Å². The summed E-state index contributed by atoms with van der Waals surface area (Å²) >= 11 is 0. The zero-order chi connectivity index (χ0) is 10.3. The van der Waals surface area contributed by atoms with Gasteiger partial charge >= 0.3 is 17.1 Å². The fraction of sp³-hybridized carbons (Fsp3) is 0.571. The molecule has 0 aliphatic rings. The first kappa shape index (κ1) is 36.4. The molecule has 0 spiro atoms. The molecular weight excluding hydrogens is 390 g/mol. The summed E-state index contributed by atoms with van der Waals surface area (Å²) < 4.78 is 29.5. The maximum atomic E-state index is 9.79. The van der Waals surface area contributed by atoms with Crippen molar-refractivity contribution < 1.29 is 79.7 Å². The fourth-order valence-corrected chi connectivity index (χ4v) is 1.10. The molecule has 0 atom stereocenters. The summed E-state index contributed by atoms with van der Waals surface area (Å²) in [5.41, 5.74) is 0. The number of imidazole rings is 1. The van der Waals surface area contributed by atoms with Gasteiger partial charge < -0.3 is 54.2 Å². The molecule has 0 unspecified atom stereocenters. The van der Waals surface area contributed by atoms with Gasteiger partial charge in [-0.05, 0) is 6.42 Å². The van der Waals surface area contributed by atoms with Gasteiger partial charge in [-0.1, -0.05) is 6.92 Å². The third-order valence-corrected chi connectivity index (χ3v) is 2.02. The van der Waals surface area contributed by atoms with E-state index < -0.39 is 10.1 Å². The topological polar surface area (TPSA) is 72.2 Å². The van der Waals surface area contributed by atoms with Gasteiger partial charge in [0.2, 0.25) is 0 Å². The molecule has 0 radical (unpaired) electrons. The van der Waals surface area contributed by atoms with Gasteiger partial charge in [-0.15, -0.1) is 0 Å². The summed E-state index contributed by atoms with van der Waals surface area (Å²) in [5.74, 6) is -0.132. The number of hydrogen-bond acceptors (Lipinski definition) is 3. The van der Waals surface area contributed by atoms with E-state index in [-0.39, 0.29) is 72.4 Å². The Balaban J connectivity index is -0.0000000314. The molecule has 0 saturated heterocycles. The molecule has 0 aliphatic carbocycles. The zero-order valence-corrected chi connectivity index (χ0v) is 14.5. The van der Waals surface area contributed by atoms with Gasteiger partial charge in [0.15, 0.2) is 0 Å². The van der Waals surface area contributed by atoms with Crippen molar-refractivity contribution in [3.05, 3.63) is 18.7 Å². The minimum atomic E-state index is -3.67. The Morgan fingerprint density at radius 3 is 1.72 bits per heavy atom. The van der Waals surface area contributed by atoms with Crippen molar-refractivity contribution in [2.75, 3.05) is 5.75 Å². The molecule has 1 rings (SSSR count). The summed E-state index contributed by atoms with van der Waals surface area (Å²) in [6.45, 7) is 1.69. The van der Waals surface area contributed by atoms with Crippen LogP contribution in [0, 0.1) is 0 Å². The van der Waals surface area contributed by atoms with Gasteiger partial charge in [-0.25, -0.2) is 4.98 Å². The second kappa shape index (κ2) is 20.1. The van der Waals surface area contributed by atoms with Gasteiger partial charge in [-0.2, -0.15) is 8.42 Å².